The number of anilines is 1. The fourth-order valence-electron chi connectivity index (χ4n) is 1.56. The minimum atomic E-state index is -3.31. The van der Waals surface area contributed by atoms with Gasteiger partial charge < -0.3 is 5.11 Å². The van der Waals surface area contributed by atoms with Crippen LogP contribution in [0.5, 0.6) is 0 Å². The molecule has 0 bridgehead atoms. The molecule has 104 valence electrons. The van der Waals surface area contributed by atoms with Crippen molar-refractivity contribution in [1.82, 2.24) is 0 Å². The SMILES string of the molecule is CCCS(=O)(=O)Nc1ccc(/C=C/C(=O)O)cc1C. The number of hydrogen-bond donors (Lipinski definition) is 2. The van der Waals surface area contributed by atoms with Crippen LogP contribution in [0.15, 0.2) is 24.3 Å². The highest BCUT2D eigenvalue weighted by molar-refractivity contribution is 7.92. The van der Waals surface area contributed by atoms with Gasteiger partial charge in [-0.25, -0.2) is 13.2 Å². The van der Waals surface area contributed by atoms with Gasteiger partial charge in [0.1, 0.15) is 0 Å². The molecule has 2 N–H and O–H groups in total. The van der Waals surface area contributed by atoms with Gasteiger partial charge in [0.05, 0.1) is 11.4 Å². The highest BCUT2D eigenvalue weighted by atomic mass is 32.2. The van der Waals surface area contributed by atoms with E-state index in [4.69, 9.17) is 5.11 Å². The number of sulfonamides is 1. The molecule has 5 nitrogen and oxygen atoms in total. The van der Waals surface area contributed by atoms with Crippen LogP contribution in [-0.2, 0) is 14.8 Å². The van der Waals surface area contributed by atoms with Crippen LogP contribution < -0.4 is 4.72 Å². The van der Waals surface area contributed by atoms with Crippen LogP contribution >= 0.6 is 0 Å². The van der Waals surface area contributed by atoms with E-state index in [-0.39, 0.29) is 5.75 Å². The summed E-state index contributed by atoms with van der Waals surface area (Å²) in [4.78, 5) is 10.4. The number of carboxylic acids is 1. The first-order chi connectivity index (χ1) is 8.84. The highest BCUT2D eigenvalue weighted by Crippen LogP contribution is 2.19. The van der Waals surface area contributed by atoms with E-state index in [1.54, 1.807) is 32.0 Å². The van der Waals surface area contributed by atoms with E-state index in [9.17, 15) is 13.2 Å². The summed E-state index contributed by atoms with van der Waals surface area (Å²) in [5.41, 5.74) is 1.96. The summed E-state index contributed by atoms with van der Waals surface area (Å²) in [6.07, 6.45) is 3.04. The Morgan fingerprint density at radius 3 is 2.63 bits per heavy atom. The van der Waals surface area contributed by atoms with E-state index in [2.05, 4.69) is 4.72 Å². The van der Waals surface area contributed by atoms with Crippen LogP contribution in [0, 0.1) is 6.92 Å². The van der Waals surface area contributed by atoms with E-state index in [1.807, 2.05) is 0 Å². The molecular weight excluding hydrogens is 266 g/mol. The lowest BCUT2D eigenvalue weighted by molar-refractivity contribution is -0.131. The second-order valence-corrected chi connectivity index (χ2v) is 6.01. The number of nitrogens with one attached hydrogen (secondary N) is 1. The summed E-state index contributed by atoms with van der Waals surface area (Å²) >= 11 is 0. The molecule has 0 amide bonds. The van der Waals surface area contributed by atoms with Crippen LogP contribution in [0.2, 0.25) is 0 Å². The average Bonchev–Trinajstić information content (AvgIpc) is 2.29. The third kappa shape index (κ3) is 5.13. The topological polar surface area (TPSA) is 83.5 Å². The molecule has 1 rings (SSSR count). The molecular formula is C13H17NO4S. The number of aryl methyl sites for hydroxylation is 1. The van der Waals surface area contributed by atoms with Gasteiger partial charge in [-0.05, 0) is 42.7 Å². The second-order valence-electron chi connectivity index (χ2n) is 4.17. The van der Waals surface area contributed by atoms with E-state index < -0.39 is 16.0 Å². The van der Waals surface area contributed by atoms with Crippen LogP contribution in [0.3, 0.4) is 0 Å². The van der Waals surface area contributed by atoms with Gasteiger partial charge >= 0.3 is 5.97 Å². The van der Waals surface area contributed by atoms with Gasteiger partial charge in [-0.2, -0.15) is 0 Å². The monoisotopic (exact) mass is 283 g/mol. The smallest absolute Gasteiger partial charge is 0.328 e. The zero-order chi connectivity index (χ0) is 14.5. The van der Waals surface area contributed by atoms with Gasteiger partial charge in [-0.3, -0.25) is 4.72 Å². The van der Waals surface area contributed by atoms with Crippen molar-refractivity contribution in [3.05, 3.63) is 35.4 Å². The molecule has 0 atom stereocenters. The van der Waals surface area contributed by atoms with Crippen LogP contribution in [0.1, 0.15) is 24.5 Å². The van der Waals surface area contributed by atoms with Gasteiger partial charge in [0.25, 0.3) is 0 Å². The Balaban J connectivity index is 2.92. The fraction of sp³-hybridized carbons (Fsp3) is 0.308. The molecule has 0 unspecified atom stereocenters. The first kappa shape index (κ1) is 15.2. The average molecular weight is 283 g/mol. The third-order valence-electron chi connectivity index (χ3n) is 2.41. The Kier molecular flexibility index (Phi) is 5.11. The van der Waals surface area contributed by atoms with E-state index in [0.717, 1.165) is 11.6 Å². The van der Waals surface area contributed by atoms with E-state index in [0.29, 0.717) is 17.7 Å². The molecule has 19 heavy (non-hydrogen) atoms. The largest absolute Gasteiger partial charge is 0.478 e. The predicted octanol–water partition coefficient (Wildman–Crippen LogP) is 2.24. The zero-order valence-electron chi connectivity index (χ0n) is 10.9. The first-order valence-corrected chi connectivity index (χ1v) is 7.51. The lowest BCUT2D eigenvalue weighted by atomic mass is 10.1. The van der Waals surface area contributed by atoms with E-state index >= 15 is 0 Å². The maximum absolute atomic E-state index is 11.6. The van der Waals surface area contributed by atoms with Crippen molar-refractivity contribution >= 4 is 27.8 Å². The zero-order valence-corrected chi connectivity index (χ0v) is 11.7. The molecule has 0 aliphatic rings. The molecule has 6 heteroatoms. The number of hydrogen-bond acceptors (Lipinski definition) is 3. The molecule has 0 fully saturated rings. The summed E-state index contributed by atoms with van der Waals surface area (Å²) in [7, 11) is -3.31. The maximum atomic E-state index is 11.6. The maximum Gasteiger partial charge on any atom is 0.328 e. The van der Waals surface area contributed by atoms with Gasteiger partial charge in [-0.1, -0.05) is 13.0 Å². The molecule has 0 radical (unpaired) electrons. The van der Waals surface area contributed by atoms with Crippen molar-refractivity contribution < 1.29 is 18.3 Å². The number of benzene rings is 1. The summed E-state index contributed by atoms with van der Waals surface area (Å²) in [6.45, 7) is 3.56. The summed E-state index contributed by atoms with van der Waals surface area (Å²) in [6, 6.07) is 5.02. The van der Waals surface area contributed by atoms with Crippen LogP contribution in [-0.4, -0.2) is 25.2 Å². The number of carbonyl (C=O) groups is 1. The van der Waals surface area contributed by atoms with Gasteiger partial charge in [0.2, 0.25) is 10.0 Å². The molecule has 0 aliphatic heterocycles. The lowest BCUT2D eigenvalue weighted by Gasteiger charge is -2.10. The molecule has 0 saturated heterocycles. The molecule has 0 aromatic heterocycles. The lowest BCUT2D eigenvalue weighted by Crippen LogP contribution is -2.16. The van der Waals surface area contributed by atoms with Gasteiger partial charge in [0, 0.05) is 6.08 Å². The normalized spacial score (nSPS) is 11.7. The fourth-order valence-corrected chi connectivity index (χ4v) is 2.76. The van der Waals surface area contributed by atoms with Crippen molar-refractivity contribution in [3.8, 4) is 0 Å². The van der Waals surface area contributed by atoms with Crippen LogP contribution in [0.25, 0.3) is 6.08 Å². The minimum absolute atomic E-state index is 0.0765. The van der Waals surface area contributed by atoms with Crippen LogP contribution in [0.4, 0.5) is 5.69 Å². The number of rotatable bonds is 6. The van der Waals surface area contributed by atoms with Crippen molar-refractivity contribution in [2.24, 2.45) is 0 Å². The number of carboxylic acid groups (broad SMARTS) is 1. The number of aliphatic carboxylic acids is 1. The van der Waals surface area contributed by atoms with Crippen molar-refractivity contribution in [2.75, 3.05) is 10.5 Å². The van der Waals surface area contributed by atoms with Crippen molar-refractivity contribution in [1.29, 1.82) is 0 Å². The standard InChI is InChI=1S/C13H17NO4S/c1-3-8-19(17,18)14-12-6-4-11(9-10(12)2)5-7-13(15)16/h4-7,9,14H,3,8H2,1-2H3,(H,15,16)/b7-5+. The summed E-state index contributed by atoms with van der Waals surface area (Å²) in [5, 5.41) is 8.53. The second kappa shape index (κ2) is 6.38. The Hall–Kier alpha value is -1.82. The molecule has 0 aliphatic carbocycles. The molecule has 1 aromatic carbocycles. The quantitative estimate of drug-likeness (QED) is 0.784. The molecule has 0 saturated carbocycles. The summed E-state index contributed by atoms with van der Waals surface area (Å²) in [5.74, 6) is -0.946. The predicted molar refractivity (Wildman–Crippen MR) is 75.5 cm³/mol. The third-order valence-corrected chi connectivity index (χ3v) is 3.88. The van der Waals surface area contributed by atoms with E-state index in [1.165, 1.54) is 6.08 Å². The Morgan fingerprint density at radius 2 is 2.11 bits per heavy atom. The van der Waals surface area contributed by atoms with Crippen molar-refractivity contribution in [2.45, 2.75) is 20.3 Å². The Labute approximate surface area is 113 Å². The van der Waals surface area contributed by atoms with Gasteiger partial charge in [0.15, 0.2) is 0 Å². The molecule has 0 spiro atoms. The van der Waals surface area contributed by atoms with Crippen molar-refractivity contribution in [3.63, 3.8) is 0 Å². The molecule has 1 aromatic rings. The Bertz CT molecular complexity index is 591. The van der Waals surface area contributed by atoms with Gasteiger partial charge in [-0.15, -0.1) is 0 Å². The molecule has 0 heterocycles. The first-order valence-electron chi connectivity index (χ1n) is 5.86. The minimum Gasteiger partial charge on any atom is -0.478 e. The Morgan fingerprint density at radius 1 is 1.42 bits per heavy atom. The highest BCUT2D eigenvalue weighted by Gasteiger charge is 2.10. The summed E-state index contributed by atoms with van der Waals surface area (Å²) < 4.78 is 25.8.